The summed E-state index contributed by atoms with van der Waals surface area (Å²) in [6.07, 6.45) is 0. The number of amides is 1. The highest BCUT2D eigenvalue weighted by Crippen LogP contribution is 2.14. The van der Waals surface area contributed by atoms with Crippen molar-refractivity contribution < 1.29 is 9.18 Å². The molecule has 17 heavy (non-hydrogen) atoms. The van der Waals surface area contributed by atoms with Gasteiger partial charge in [0.25, 0.3) is 11.7 Å². The summed E-state index contributed by atoms with van der Waals surface area (Å²) in [6.45, 7) is 0. The number of hydrogen-bond acceptors (Lipinski definition) is 5. The lowest BCUT2D eigenvalue weighted by molar-refractivity contribution is 0.101. The molecule has 0 aliphatic heterocycles. The first-order valence-electron chi connectivity index (χ1n) is 4.45. The molecule has 0 bridgehead atoms. The SMILES string of the molecule is N#Cc1cc(NC(=O)c2nn[nH]n2)ccc1F. The van der Waals surface area contributed by atoms with Crippen LogP contribution in [0.5, 0.6) is 0 Å². The van der Waals surface area contributed by atoms with E-state index in [1.54, 1.807) is 6.07 Å². The van der Waals surface area contributed by atoms with Crippen LogP contribution >= 0.6 is 0 Å². The van der Waals surface area contributed by atoms with E-state index < -0.39 is 11.7 Å². The Morgan fingerprint density at radius 1 is 1.53 bits per heavy atom. The second kappa shape index (κ2) is 4.36. The molecule has 0 saturated heterocycles. The van der Waals surface area contributed by atoms with Gasteiger partial charge in [0.2, 0.25) is 0 Å². The molecule has 7 nitrogen and oxygen atoms in total. The van der Waals surface area contributed by atoms with E-state index in [-0.39, 0.29) is 17.1 Å². The van der Waals surface area contributed by atoms with E-state index in [1.165, 1.54) is 12.1 Å². The number of H-pyrrole nitrogens is 1. The van der Waals surface area contributed by atoms with Crippen LogP contribution in [0.1, 0.15) is 16.2 Å². The molecule has 0 saturated carbocycles. The lowest BCUT2D eigenvalue weighted by Gasteiger charge is -2.02. The van der Waals surface area contributed by atoms with E-state index in [0.717, 1.165) is 6.07 Å². The molecule has 0 spiro atoms. The normalized spacial score (nSPS) is 9.65. The number of aromatic amines is 1. The van der Waals surface area contributed by atoms with Crippen LogP contribution < -0.4 is 5.32 Å². The smallest absolute Gasteiger partial charge is 0.297 e. The lowest BCUT2D eigenvalue weighted by atomic mass is 10.2. The molecule has 2 rings (SSSR count). The summed E-state index contributed by atoms with van der Waals surface area (Å²) in [6, 6.07) is 5.30. The standard InChI is InChI=1S/C9H5FN6O/c10-7-2-1-6(3-5(7)4-11)12-9(17)8-13-15-16-14-8/h1-3H,(H,12,17)(H,13,14,15,16). The number of aromatic nitrogens is 4. The first-order chi connectivity index (χ1) is 8.20. The maximum Gasteiger partial charge on any atom is 0.297 e. The van der Waals surface area contributed by atoms with Gasteiger partial charge in [-0.2, -0.15) is 10.5 Å². The predicted octanol–water partition coefficient (Wildman–Crippen LogP) is 0.463. The molecule has 0 aliphatic rings. The molecule has 1 aromatic heterocycles. The van der Waals surface area contributed by atoms with Crippen molar-refractivity contribution in [1.29, 1.82) is 5.26 Å². The zero-order valence-corrected chi connectivity index (χ0v) is 8.31. The lowest BCUT2D eigenvalue weighted by Crippen LogP contribution is -2.14. The van der Waals surface area contributed by atoms with Crippen molar-refractivity contribution in [1.82, 2.24) is 20.6 Å². The van der Waals surface area contributed by atoms with Gasteiger partial charge in [0, 0.05) is 5.69 Å². The van der Waals surface area contributed by atoms with Crippen molar-refractivity contribution in [2.45, 2.75) is 0 Å². The summed E-state index contributed by atoms with van der Waals surface area (Å²) in [5.74, 6) is -1.40. The Balaban J connectivity index is 2.20. The number of tetrazole rings is 1. The molecule has 2 aromatic rings. The zero-order chi connectivity index (χ0) is 12.3. The number of carbonyl (C=O) groups is 1. The van der Waals surface area contributed by atoms with Crippen molar-refractivity contribution in [2.75, 3.05) is 5.32 Å². The third kappa shape index (κ3) is 2.23. The number of anilines is 1. The van der Waals surface area contributed by atoms with Crippen molar-refractivity contribution in [3.63, 3.8) is 0 Å². The topological polar surface area (TPSA) is 107 Å². The fourth-order valence-corrected chi connectivity index (χ4v) is 1.13. The molecule has 1 aromatic carbocycles. The summed E-state index contributed by atoms with van der Waals surface area (Å²) >= 11 is 0. The monoisotopic (exact) mass is 232 g/mol. The molecule has 0 atom stereocenters. The van der Waals surface area contributed by atoms with Crippen LogP contribution in [0.2, 0.25) is 0 Å². The molecule has 84 valence electrons. The maximum absolute atomic E-state index is 13.0. The number of hydrogen-bond donors (Lipinski definition) is 2. The van der Waals surface area contributed by atoms with Crippen molar-refractivity contribution in [3.8, 4) is 6.07 Å². The first-order valence-corrected chi connectivity index (χ1v) is 4.45. The average Bonchev–Trinajstić information content (AvgIpc) is 2.85. The van der Waals surface area contributed by atoms with Crippen molar-refractivity contribution in [2.24, 2.45) is 0 Å². The highest BCUT2D eigenvalue weighted by atomic mass is 19.1. The Morgan fingerprint density at radius 3 is 3.00 bits per heavy atom. The molecular formula is C9H5FN6O. The maximum atomic E-state index is 13.0. The second-order valence-electron chi connectivity index (χ2n) is 3.00. The van der Waals surface area contributed by atoms with Crippen LogP contribution in [0.25, 0.3) is 0 Å². The molecular weight excluding hydrogens is 227 g/mol. The number of nitrogens with zero attached hydrogens (tertiary/aromatic N) is 4. The van der Waals surface area contributed by atoms with Crippen LogP contribution in [0.15, 0.2) is 18.2 Å². The quantitative estimate of drug-likeness (QED) is 0.782. The third-order valence-electron chi connectivity index (χ3n) is 1.89. The van der Waals surface area contributed by atoms with Crippen LogP contribution in [0, 0.1) is 17.1 Å². The van der Waals surface area contributed by atoms with Crippen LogP contribution in [-0.2, 0) is 0 Å². The van der Waals surface area contributed by atoms with Crippen molar-refractivity contribution in [3.05, 3.63) is 35.4 Å². The van der Waals surface area contributed by atoms with E-state index >= 15 is 0 Å². The molecule has 0 fully saturated rings. The minimum Gasteiger partial charge on any atom is -0.319 e. The third-order valence-corrected chi connectivity index (χ3v) is 1.89. The molecule has 8 heteroatoms. The van der Waals surface area contributed by atoms with Crippen LogP contribution in [0.4, 0.5) is 10.1 Å². The number of benzene rings is 1. The van der Waals surface area contributed by atoms with Crippen LogP contribution in [0.3, 0.4) is 0 Å². The minimum absolute atomic E-state index is 0.146. The Labute approximate surface area is 94.3 Å². The molecule has 2 N–H and O–H groups in total. The Kier molecular flexibility index (Phi) is 2.74. The van der Waals surface area contributed by atoms with E-state index in [4.69, 9.17) is 5.26 Å². The number of nitriles is 1. The number of nitrogens with one attached hydrogen (secondary N) is 2. The van der Waals surface area contributed by atoms with E-state index in [2.05, 4.69) is 25.9 Å². The molecule has 1 amide bonds. The fourth-order valence-electron chi connectivity index (χ4n) is 1.13. The van der Waals surface area contributed by atoms with Crippen molar-refractivity contribution >= 4 is 11.6 Å². The Bertz CT molecular complexity index is 588. The van der Waals surface area contributed by atoms with Crippen LogP contribution in [-0.4, -0.2) is 26.5 Å². The summed E-state index contributed by atoms with van der Waals surface area (Å²) in [7, 11) is 0. The fraction of sp³-hybridized carbons (Fsp3) is 0. The van der Waals surface area contributed by atoms with Gasteiger partial charge < -0.3 is 5.32 Å². The number of carbonyl (C=O) groups excluding carboxylic acids is 1. The number of rotatable bonds is 2. The number of halogens is 1. The molecule has 0 unspecified atom stereocenters. The highest BCUT2D eigenvalue weighted by Gasteiger charge is 2.11. The predicted molar refractivity (Wildman–Crippen MR) is 53.2 cm³/mol. The zero-order valence-electron chi connectivity index (χ0n) is 8.31. The molecule has 0 radical (unpaired) electrons. The van der Waals surface area contributed by atoms with E-state index in [1.807, 2.05) is 0 Å². The van der Waals surface area contributed by atoms with Gasteiger partial charge >= 0.3 is 0 Å². The largest absolute Gasteiger partial charge is 0.319 e. The van der Waals surface area contributed by atoms with Gasteiger partial charge in [-0.05, 0) is 23.4 Å². The summed E-state index contributed by atoms with van der Waals surface area (Å²) in [4.78, 5) is 11.5. The van der Waals surface area contributed by atoms with Gasteiger partial charge in [-0.1, -0.05) is 0 Å². The van der Waals surface area contributed by atoms with Gasteiger partial charge in [-0.25, -0.2) is 4.39 Å². The minimum atomic E-state index is -0.648. The Morgan fingerprint density at radius 2 is 2.35 bits per heavy atom. The van der Waals surface area contributed by atoms with E-state index in [9.17, 15) is 9.18 Å². The summed E-state index contributed by atoms with van der Waals surface area (Å²) in [5, 5.41) is 23.3. The summed E-state index contributed by atoms with van der Waals surface area (Å²) < 4.78 is 13.0. The van der Waals surface area contributed by atoms with Gasteiger partial charge in [0.1, 0.15) is 11.9 Å². The molecule has 1 heterocycles. The first kappa shape index (κ1) is 10.7. The van der Waals surface area contributed by atoms with Gasteiger partial charge in [-0.15, -0.1) is 10.2 Å². The van der Waals surface area contributed by atoms with Gasteiger partial charge in [-0.3, -0.25) is 4.79 Å². The van der Waals surface area contributed by atoms with E-state index in [0.29, 0.717) is 0 Å². The second-order valence-corrected chi connectivity index (χ2v) is 3.00. The average molecular weight is 232 g/mol. The van der Waals surface area contributed by atoms with Gasteiger partial charge in [0.05, 0.1) is 5.56 Å². The Hall–Kier alpha value is -2.82. The van der Waals surface area contributed by atoms with Gasteiger partial charge in [0.15, 0.2) is 0 Å². The highest BCUT2D eigenvalue weighted by molar-refractivity contribution is 6.01. The molecule has 0 aliphatic carbocycles. The summed E-state index contributed by atoms with van der Waals surface area (Å²) in [5.41, 5.74) is 0.119.